The Bertz CT molecular complexity index is 789. The first-order valence-electron chi connectivity index (χ1n) is 6.90. The molecule has 1 aliphatic carbocycles. The quantitative estimate of drug-likeness (QED) is 0.700. The van der Waals surface area contributed by atoms with Gasteiger partial charge >= 0.3 is 0 Å². The van der Waals surface area contributed by atoms with E-state index in [4.69, 9.17) is 10.1 Å². The van der Waals surface area contributed by atoms with Crippen molar-refractivity contribution >= 4 is 11.2 Å². The molecule has 1 fully saturated rings. The van der Waals surface area contributed by atoms with Gasteiger partial charge in [-0.15, -0.1) is 4.99 Å². The van der Waals surface area contributed by atoms with E-state index >= 15 is 0 Å². The summed E-state index contributed by atoms with van der Waals surface area (Å²) in [5.74, 6) is -0.140. The van der Waals surface area contributed by atoms with Crippen molar-refractivity contribution in [2.75, 3.05) is 13.7 Å². The molecule has 0 spiro atoms. The van der Waals surface area contributed by atoms with Crippen molar-refractivity contribution in [3.8, 4) is 6.19 Å². The summed E-state index contributed by atoms with van der Waals surface area (Å²) in [5.41, 5.74) is 1.29. The summed E-state index contributed by atoms with van der Waals surface area (Å²) in [5, 5.41) is 28.0. The standard InChI is InChI=1S/C13H16N6O3/c1-22-19-7-17-12-11(13(19)15-5-14)16-6-18(12)9-2-8(4-20)10(21)3-9/h6-10,20-21H,2-4H2,1H3/t8-,9-,10+/m1/s1. The van der Waals surface area contributed by atoms with E-state index in [0.29, 0.717) is 24.0 Å². The Morgan fingerprint density at radius 1 is 1.45 bits per heavy atom. The minimum atomic E-state index is -0.539. The molecule has 0 bridgehead atoms. The average molecular weight is 304 g/mol. The highest BCUT2D eigenvalue weighted by atomic mass is 16.6. The molecule has 3 atom stereocenters. The smallest absolute Gasteiger partial charge is 0.211 e. The highest BCUT2D eigenvalue weighted by Crippen LogP contribution is 2.35. The van der Waals surface area contributed by atoms with Gasteiger partial charge in [-0.1, -0.05) is 0 Å². The van der Waals surface area contributed by atoms with Gasteiger partial charge in [0.25, 0.3) is 0 Å². The largest absolute Gasteiger partial charge is 0.414 e. The zero-order valence-electron chi connectivity index (χ0n) is 12.0. The van der Waals surface area contributed by atoms with E-state index in [1.54, 1.807) is 12.5 Å². The zero-order chi connectivity index (χ0) is 15.7. The maximum atomic E-state index is 9.95. The van der Waals surface area contributed by atoms with Gasteiger partial charge in [-0.3, -0.25) is 0 Å². The van der Waals surface area contributed by atoms with Crippen molar-refractivity contribution in [3.63, 3.8) is 0 Å². The van der Waals surface area contributed by atoms with E-state index in [2.05, 4.69) is 15.0 Å². The van der Waals surface area contributed by atoms with Crippen LogP contribution < -0.4 is 10.3 Å². The highest BCUT2D eigenvalue weighted by molar-refractivity contribution is 5.69. The summed E-state index contributed by atoms with van der Waals surface area (Å²) in [4.78, 5) is 17.4. The number of hydrogen-bond acceptors (Lipinski definition) is 7. The van der Waals surface area contributed by atoms with Crippen molar-refractivity contribution in [3.05, 3.63) is 18.1 Å². The Hall–Kier alpha value is -2.44. The van der Waals surface area contributed by atoms with E-state index in [0.717, 1.165) is 0 Å². The van der Waals surface area contributed by atoms with Gasteiger partial charge < -0.3 is 19.6 Å². The molecule has 0 aromatic carbocycles. The van der Waals surface area contributed by atoms with Crippen molar-refractivity contribution in [1.82, 2.24) is 19.3 Å². The van der Waals surface area contributed by atoms with Gasteiger partial charge in [0.2, 0.25) is 11.7 Å². The topological polar surface area (TPSA) is 121 Å². The molecule has 22 heavy (non-hydrogen) atoms. The molecule has 1 saturated carbocycles. The van der Waals surface area contributed by atoms with Gasteiger partial charge in [-0.2, -0.15) is 9.99 Å². The predicted molar refractivity (Wildman–Crippen MR) is 74.1 cm³/mol. The van der Waals surface area contributed by atoms with E-state index in [9.17, 15) is 10.2 Å². The Morgan fingerprint density at radius 3 is 2.91 bits per heavy atom. The lowest BCUT2D eigenvalue weighted by Gasteiger charge is -2.12. The Balaban J connectivity index is 2.09. The molecule has 0 unspecified atom stereocenters. The van der Waals surface area contributed by atoms with Crippen LogP contribution in [0.4, 0.5) is 0 Å². The van der Waals surface area contributed by atoms with Gasteiger partial charge in [0, 0.05) is 18.6 Å². The lowest BCUT2D eigenvalue weighted by Crippen LogP contribution is -2.26. The van der Waals surface area contributed by atoms with Crippen LogP contribution in [-0.2, 0) is 0 Å². The normalized spacial score (nSPS) is 25.5. The van der Waals surface area contributed by atoms with Crippen LogP contribution in [-0.4, -0.2) is 49.3 Å². The first-order chi connectivity index (χ1) is 10.7. The molecule has 0 saturated heterocycles. The Labute approximate surface area is 125 Å². The molecule has 0 aliphatic heterocycles. The number of aliphatic hydroxyl groups is 2. The van der Waals surface area contributed by atoms with Gasteiger partial charge in [-0.05, 0) is 12.8 Å². The summed E-state index contributed by atoms with van der Waals surface area (Å²) < 4.78 is 3.12. The fourth-order valence-electron chi connectivity index (χ4n) is 2.95. The molecule has 0 amide bonds. The maximum absolute atomic E-state index is 9.95. The third kappa shape index (κ3) is 2.22. The van der Waals surface area contributed by atoms with Crippen LogP contribution in [0.2, 0.25) is 0 Å². The fraction of sp³-hybridized carbons (Fsp3) is 0.538. The second-order valence-electron chi connectivity index (χ2n) is 5.25. The number of aliphatic hydroxyl groups excluding tert-OH is 2. The van der Waals surface area contributed by atoms with Gasteiger partial charge in [0.05, 0.1) is 12.4 Å². The number of aromatic nitrogens is 4. The van der Waals surface area contributed by atoms with E-state index < -0.39 is 6.10 Å². The van der Waals surface area contributed by atoms with Crippen molar-refractivity contribution in [1.29, 1.82) is 5.26 Å². The van der Waals surface area contributed by atoms with Crippen LogP contribution >= 0.6 is 0 Å². The summed E-state index contributed by atoms with van der Waals surface area (Å²) in [7, 11) is 1.44. The van der Waals surface area contributed by atoms with Crippen LogP contribution in [0.15, 0.2) is 17.6 Å². The lowest BCUT2D eigenvalue weighted by atomic mass is 10.1. The third-order valence-electron chi connectivity index (χ3n) is 4.09. The molecule has 2 aromatic heterocycles. The second kappa shape index (κ2) is 5.75. The van der Waals surface area contributed by atoms with E-state index in [1.165, 1.54) is 18.2 Å². The van der Waals surface area contributed by atoms with Crippen LogP contribution in [0.1, 0.15) is 18.9 Å². The van der Waals surface area contributed by atoms with Gasteiger partial charge in [0.1, 0.15) is 13.4 Å². The molecule has 116 valence electrons. The van der Waals surface area contributed by atoms with Crippen LogP contribution in [0, 0.1) is 17.4 Å². The van der Waals surface area contributed by atoms with Crippen molar-refractivity contribution in [2.45, 2.75) is 25.0 Å². The zero-order valence-corrected chi connectivity index (χ0v) is 12.0. The third-order valence-corrected chi connectivity index (χ3v) is 4.09. The molecule has 2 N–H and O–H groups in total. The minimum absolute atomic E-state index is 0.00187. The lowest BCUT2D eigenvalue weighted by molar-refractivity contribution is 0.0906. The molecule has 1 aliphatic rings. The maximum Gasteiger partial charge on any atom is 0.211 e. The number of hydrogen-bond donors (Lipinski definition) is 2. The Morgan fingerprint density at radius 2 is 2.27 bits per heavy atom. The van der Waals surface area contributed by atoms with Crippen LogP contribution in [0.5, 0.6) is 0 Å². The fourth-order valence-corrected chi connectivity index (χ4v) is 2.95. The van der Waals surface area contributed by atoms with Gasteiger partial charge in [0.15, 0.2) is 11.2 Å². The summed E-state index contributed by atoms with van der Waals surface area (Å²) in [6, 6.07) is -0.00187. The summed E-state index contributed by atoms with van der Waals surface area (Å²) in [6.45, 7) is -0.0452. The number of fused-ring (bicyclic) bond motifs is 1. The molecule has 2 aromatic rings. The number of nitriles is 1. The minimum Gasteiger partial charge on any atom is -0.414 e. The van der Waals surface area contributed by atoms with Crippen LogP contribution in [0.3, 0.4) is 0 Å². The number of imidazole rings is 1. The van der Waals surface area contributed by atoms with Crippen molar-refractivity contribution < 1.29 is 15.1 Å². The average Bonchev–Trinajstić information content (AvgIpc) is 3.11. The Kier molecular flexibility index (Phi) is 3.79. The number of nitrogens with zero attached hydrogens (tertiary/aromatic N) is 6. The summed E-state index contributed by atoms with van der Waals surface area (Å²) >= 11 is 0. The highest BCUT2D eigenvalue weighted by Gasteiger charge is 2.34. The number of rotatable bonds is 3. The van der Waals surface area contributed by atoms with Gasteiger partial charge in [-0.25, -0.2) is 9.97 Å². The summed E-state index contributed by atoms with van der Waals surface area (Å²) in [6.07, 6.45) is 5.40. The SMILES string of the molecule is COn1cnc2c(ncn2[C@@H]2C[C@H](CO)[C@@H](O)C2)c1=NC#N. The van der Waals surface area contributed by atoms with E-state index in [1.807, 2.05) is 4.57 Å². The molecular formula is C13H16N6O3. The molecule has 0 radical (unpaired) electrons. The predicted octanol–water partition coefficient (Wildman–Crippen LogP) is -1.02. The molecule has 3 rings (SSSR count). The first kappa shape index (κ1) is 14.5. The molecule has 9 heteroatoms. The second-order valence-corrected chi connectivity index (χ2v) is 5.25. The molecular weight excluding hydrogens is 288 g/mol. The molecule has 9 nitrogen and oxygen atoms in total. The van der Waals surface area contributed by atoms with Crippen LogP contribution in [0.25, 0.3) is 11.2 Å². The molecule has 2 heterocycles. The van der Waals surface area contributed by atoms with Crippen molar-refractivity contribution in [2.24, 2.45) is 10.9 Å². The first-order valence-corrected chi connectivity index (χ1v) is 6.90. The monoisotopic (exact) mass is 304 g/mol. The van der Waals surface area contributed by atoms with E-state index in [-0.39, 0.29) is 24.1 Å².